The van der Waals surface area contributed by atoms with Crippen LogP contribution in [0.1, 0.15) is 40.4 Å². The quantitative estimate of drug-likeness (QED) is 0.377. The van der Waals surface area contributed by atoms with Gasteiger partial charge in [0.05, 0.1) is 6.26 Å². The summed E-state index contributed by atoms with van der Waals surface area (Å²) in [6, 6.07) is 10.4. The van der Waals surface area contributed by atoms with E-state index >= 15 is 0 Å². The maximum absolute atomic E-state index is 12.5. The molecule has 0 bridgehead atoms. The second-order valence-corrected chi connectivity index (χ2v) is 7.44. The third-order valence-electron chi connectivity index (χ3n) is 5.35. The van der Waals surface area contributed by atoms with Gasteiger partial charge in [0.15, 0.2) is 5.78 Å². The van der Waals surface area contributed by atoms with E-state index in [0.717, 1.165) is 21.9 Å². The summed E-state index contributed by atoms with van der Waals surface area (Å²) in [5.74, 6) is -0.250. The molecule has 0 aliphatic heterocycles. The fourth-order valence-corrected chi connectivity index (χ4v) is 3.58. The molecule has 0 radical (unpaired) electrons. The van der Waals surface area contributed by atoms with Crippen LogP contribution in [0.2, 0.25) is 0 Å². The molecule has 2 heterocycles. The average Bonchev–Trinajstić information content (AvgIpc) is 3.07. The van der Waals surface area contributed by atoms with Crippen LogP contribution in [0.15, 0.2) is 56.3 Å². The molecule has 4 aromatic rings. The summed E-state index contributed by atoms with van der Waals surface area (Å²) in [5.41, 5.74) is 4.19. The molecule has 0 saturated heterocycles. The van der Waals surface area contributed by atoms with Gasteiger partial charge in [0.25, 0.3) is 0 Å². The normalized spacial score (nSPS) is 11.2. The second kappa shape index (κ2) is 7.63. The number of nitrogens with one attached hydrogen (secondary N) is 1. The lowest BCUT2D eigenvalue weighted by atomic mass is 10.0. The Bertz CT molecular complexity index is 1340. The number of Topliss-reactive ketones (excluding diaryl/α,β-unsaturated/α-hetero) is 1. The van der Waals surface area contributed by atoms with Crippen LogP contribution in [0.25, 0.3) is 21.9 Å². The highest BCUT2D eigenvalue weighted by molar-refractivity contribution is 5.97. The second-order valence-electron chi connectivity index (χ2n) is 7.44. The fourth-order valence-electron chi connectivity index (χ4n) is 3.58. The molecule has 0 aliphatic carbocycles. The van der Waals surface area contributed by atoms with Gasteiger partial charge in [-0.25, -0.2) is 4.79 Å². The first-order valence-corrected chi connectivity index (χ1v) is 9.68. The number of rotatable bonds is 5. The Morgan fingerprint density at radius 2 is 1.73 bits per heavy atom. The number of hydrogen-bond acceptors (Lipinski definition) is 5. The lowest BCUT2D eigenvalue weighted by Crippen LogP contribution is -2.16. The molecule has 4 rings (SSSR count). The molecule has 2 aromatic heterocycles. The number of fused-ring (bicyclic) bond motifs is 2. The average molecular weight is 403 g/mol. The van der Waals surface area contributed by atoms with Crippen LogP contribution in [-0.4, -0.2) is 11.7 Å². The van der Waals surface area contributed by atoms with Crippen molar-refractivity contribution < 1.29 is 18.4 Å². The number of aryl methyl sites for hydroxylation is 2. The summed E-state index contributed by atoms with van der Waals surface area (Å²) in [6.07, 6.45) is 2.08. The van der Waals surface area contributed by atoms with Crippen molar-refractivity contribution in [1.29, 1.82) is 0 Å². The molecule has 2 aromatic carbocycles. The Morgan fingerprint density at radius 3 is 2.43 bits per heavy atom. The summed E-state index contributed by atoms with van der Waals surface area (Å²) in [6.45, 7) is 5.32. The van der Waals surface area contributed by atoms with Crippen molar-refractivity contribution in [1.82, 2.24) is 0 Å². The molecular formula is C24H21NO5. The molecule has 0 spiro atoms. The fraction of sp³-hybridized carbons (Fsp3) is 0.208. The third-order valence-corrected chi connectivity index (χ3v) is 5.35. The zero-order chi connectivity index (χ0) is 21.4. The van der Waals surface area contributed by atoms with Gasteiger partial charge in [-0.3, -0.25) is 9.59 Å². The maximum atomic E-state index is 12.5. The van der Waals surface area contributed by atoms with Gasteiger partial charge in [-0.15, -0.1) is 0 Å². The van der Waals surface area contributed by atoms with E-state index in [1.807, 2.05) is 19.9 Å². The first-order valence-electron chi connectivity index (χ1n) is 9.68. The lowest BCUT2D eigenvalue weighted by Gasteiger charge is -2.09. The monoisotopic (exact) mass is 403 g/mol. The van der Waals surface area contributed by atoms with Crippen molar-refractivity contribution in [2.75, 3.05) is 5.32 Å². The van der Waals surface area contributed by atoms with Crippen LogP contribution >= 0.6 is 0 Å². The lowest BCUT2D eigenvalue weighted by molar-refractivity contribution is -0.116. The molecule has 6 heteroatoms. The summed E-state index contributed by atoms with van der Waals surface area (Å²) in [7, 11) is 0. The van der Waals surface area contributed by atoms with E-state index in [2.05, 4.69) is 5.32 Å². The number of anilines is 1. The Balaban J connectivity index is 1.55. The van der Waals surface area contributed by atoms with Crippen LogP contribution in [0.3, 0.4) is 0 Å². The van der Waals surface area contributed by atoms with Crippen LogP contribution < -0.4 is 10.9 Å². The van der Waals surface area contributed by atoms with Crippen molar-refractivity contribution in [2.45, 2.75) is 33.6 Å². The van der Waals surface area contributed by atoms with E-state index in [9.17, 15) is 14.4 Å². The van der Waals surface area contributed by atoms with Crippen molar-refractivity contribution in [2.24, 2.45) is 0 Å². The third kappa shape index (κ3) is 3.64. The molecule has 152 valence electrons. The molecular weight excluding hydrogens is 382 g/mol. The number of benzene rings is 2. The van der Waals surface area contributed by atoms with E-state index in [0.29, 0.717) is 28.0 Å². The molecule has 1 amide bonds. The highest BCUT2D eigenvalue weighted by Crippen LogP contribution is 2.29. The minimum atomic E-state index is -0.443. The summed E-state index contributed by atoms with van der Waals surface area (Å²) in [5, 5.41) is 4.59. The first kappa shape index (κ1) is 19.6. The van der Waals surface area contributed by atoms with E-state index in [4.69, 9.17) is 8.83 Å². The largest absolute Gasteiger partial charge is 0.464 e. The standard InChI is InChI=1S/C24H21NO5/c1-13-12-29-21-11-22-20(10-19(13)21)14(2)18(24(28)30-22)8-9-23(27)25-17-6-4-16(5-7-17)15(3)26/h4-7,10-12H,8-9H2,1-3H3,(H,25,27). The topological polar surface area (TPSA) is 89.5 Å². The van der Waals surface area contributed by atoms with Gasteiger partial charge in [0, 0.05) is 40.1 Å². The number of hydrogen-bond donors (Lipinski definition) is 1. The summed E-state index contributed by atoms with van der Waals surface area (Å²) < 4.78 is 11.0. The number of amides is 1. The highest BCUT2D eigenvalue weighted by Gasteiger charge is 2.15. The maximum Gasteiger partial charge on any atom is 0.339 e. The van der Waals surface area contributed by atoms with E-state index < -0.39 is 5.63 Å². The Hall–Kier alpha value is -3.67. The summed E-state index contributed by atoms with van der Waals surface area (Å²) in [4.78, 5) is 36.2. The van der Waals surface area contributed by atoms with Crippen LogP contribution in [0, 0.1) is 13.8 Å². The zero-order valence-corrected chi connectivity index (χ0v) is 17.0. The van der Waals surface area contributed by atoms with Crippen LogP contribution in [0.5, 0.6) is 0 Å². The van der Waals surface area contributed by atoms with Crippen LogP contribution in [0.4, 0.5) is 5.69 Å². The molecule has 30 heavy (non-hydrogen) atoms. The van der Waals surface area contributed by atoms with E-state index in [-0.39, 0.29) is 24.5 Å². The van der Waals surface area contributed by atoms with Gasteiger partial charge in [-0.05, 0) is 68.7 Å². The molecule has 0 atom stereocenters. The van der Waals surface area contributed by atoms with Gasteiger partial charge in [0.1, 0.15) is 11.2 Å². The van der Waals surface area contributed by atoms with Crippen molar-refractivity contribution in [3.05, 3.63) is 75.3 Å². The van der Waals surface area contributed by atoms with E-state index in [1.165, 1.54) is 6.92 Å². The van der Waals surface area contributed by atoms with Gasteiger partial charge in [-0.1, -0.05) is 0 Å². The Morgan fingerprint density at radius 1 is 1.00 bits per heavy atom. The van der Waals surface area contributed by atoms with E-state index in [1.54, 1.807) is 36.6 Å². The van der Waals surface area contributed by atoms with Crippen molar-refractivity contribution >= 4 is 39.3 Å². The number of ketones is 1. The number of carbonyl (C=O) groups is 2. The van der Waals surface area contributed by atoms with Crippen molar-refractivity contribution in [3.8, 4) is 0 Å². The summed E-state index contributed by atoms with van der Waals surface area (Å²) >= 11 is 0. The predicted octanol–water partition coefficient (Wildman–Crippen LogP) is 4.93. The number of carbonyl (C=O) groups excluding carboxylic acids is 2. The van der Waals surface area contributed by atoms with Gasteiger partial charge < -0.3 is 14.2 Å². The zero-order valence-electron chi connectivity index (χ0n) is 17.0. The first-order chi connectivity index (χ1) is 14.3. The smallest absolute Gasteiger partial charge is 0.339 e. The predicted molar refractivity (Wildman–Crippen MR) is 115 cm³/mol. The Kier molecular flexibility index (Phi) is 4.99. The highest BCUT2D eigenvalue weighted by atomic mass is 16.4. The van der Waals surface area contributed by atoms with Gasteiger partial charge >= 0.3 is 5.63 Å². The van der Waals surface area contributed by atoms with Crippen molar-refractivity contribution in [3.63, 3.8) is 0 Å². The number of furan rings is 1. The molecule has 6 nitrogen and oxygen atoms in total. The molecule has 0 saturated carbocycles. The molecule has 1 N–H and O–H groups in total. The molecule has 0 aliphatic rings. The molecule has 0 unspecified atom stereocenters. The van der Waals surface area contributed by atoms with Crippen LogP contribution in [-0.2, 0) is 11.2 Å². The minimum absolute atomic E-state index is 0.0331. The Labute approximate surface area is 172 Å². The van der Waals surface area contributed by atoms with Gasteiger partial charge in [0.2, 0.25) is 5.91 Å². The minimum Gasteiger partial charge on any atom is -0.464 e. The van der Waals surface area contributed by atoms with Gasteiger partial charge in [-0.2, -0.15) is 0 Å². The SMILES string of the molecule is CC(=O)c1ccc(NC(=O)CCc2c(C)c3cc4c(C)coc4cc3oc2=O)cc1. The molecule has 0 fully saturated rings.